The second kappa shape index (κ2) is 4.37. The number of benzene rings is 1. The van der Waals surface area contributed by atoms with Gasteiger partial charge in [0.25, 0.3) is 0 Å². The molecule has 0 spiro atoms. The third-order valence-corrected chi connectivity index (χ3v) is 3.41. The Bertz CT molecular complexity index is 371. The summed E-state index contributed by atoms with van der Waals surface area (Å²) >= 11 is 0. The standard InChI is InChI=1S/C10H12O3S/c1-7(2)14(13)9-6-4-3-5-8(9)10(11)12/h3-7H,1-2H3,(H,11,12). The lowest BCUT2D eigenvalue weighted by Gasteiger charge is -2.07. The summed E-state index contributed by atoms with van der Waals surface area (Å²) in [4.78, 5) is 11.2. The van der Waals surface area contributed by atoms with Gasteiger partial charge in [-0.3, -0.25) is 4.21 Å². The molecule has 1 rings (SSSR count). The van der Waals surface area contributed by atoms with Crippen molar-refractivity contribution in [3.05, 3.63) is 29.8 Å². The molecule has 0 saturated carbocycles. The van der Waals surface area contributed by atoms with E-state index in [-0.39, 0.29) is 10.8 Å². The summed E-state index contributed by atoms with van der Waals surface area (Å²) in [5.41, 5.74) is 0.125. The minimum atomic E-state index is -1.25. The monoisotopic (exact) mass is 212 g/mol. The van der Waals surface area contributed by atoms with Crippen molar-refractivity contribution in [3.63, 3.8) is 0 Å². The molecule has 0 saturated heterocycles. The van der Waals surface area contributed by atoms with Crippen molar-refractivity contribution in [2.45, 2.75) is 24.0 Å². The van der Waals surface area contributed by atoms with Crippen LogP contribution in [0.4, 0.5) is 0 Å². The minimum Gasteiger partial charge on any atom is -0.478 e. The Morgan fingerprint density at radius 2 is 1.93 bits per heavy atom. The molecule has 0 aliphatic rings. The molecule has 1 atom stereocenters. The molecule has 3 nitrogen and oxygen atoms in total. The van der Waals surface area contributed by atoms with Crippen LogP contribution in [-0.2, 0) is 10.8 Å². The fourth-order valence-corrected chi connectivity index (χ4v) is 2.17. The molecular formula is C10H12O3S. The number of carboxylic acids is 1. The summed E-state index contributed by atoms with van der Waals surface area (Å²) in [6.45, 7) is 3.60. The summed E-state index contributed by atoms with van der Waals surface area (Å²) in [7, 11) is -1.25. The average Bonchev–Trinajstić information content (AvgIpc) is 2.16. The number of aromatic carboxylic acids is 1. The van der Waals surface area contributed by atoms with Gasteiger partial charge in [-0.2, -0.15) is 0 Å². The van der Waals surface area contributed by atoms with Gasteiger partial charge in [0, 0.05) is 5.25 Å². The maximum Gasteiger partial charge on any atom is 0.336 e. The first kappa shape index (κ1) is 10.9. The van der Waals surface area contributed by atoms with E-state index in [4.69, 9.17) is 5.11 Å². The fraction of sp³-hybridized carbons (Fsp3) is 0.300. The molecule has 0 amide bonds. The SMILES string of the molecule is CC(C)S(=O)c1ccccc1C(=O)O. The van der Waals surface area contributed by atoms with Crippen LogP contribution in [-0.4, -0.2) is 20.5 Å². The summed E-state index contributed by atoms with van der Waals surface area (Å²) in [5, 5.41) is 8.79. The Balaban J connectivity index is 3.20. The second-order valence-corrected chi connectivity index (χ2v) is 5.12. The second-order valence-electron chi connectivity index (χ2n) is 3.15. The first-order valence-electron chi connectivity index (χ1n) is 4.27. The molecule has 0 bridgehead atoms. The average molecular weight is 212 g/mol. The van der Waals surface area contributed by atoms with Crippen LogP contribution in [0.5, 0.6) is 0 Å². The number of rotatable bonds is 3. The van der Waals surface area contributed by atoms with Crippen LogP contribution >= 0.6 is 0 Å². The van der Waals surface area contributed by atoms with E-state index in [2.05, 4.69) is 0 Å². The van der Waals surface area contributed by atoms with Gasteiger partial charge in [-0.25, -0.2) is 4.79 Å². The van der Waals surface area contributed by atoms with Gasteiger partial charge in [0.2, 0.25) is 0 Å². The smallest absolute Gasteiger partial charge is 0.336 e. The van der Waals surface area contributed by atoms with E-state index in [1.807, 2.05) is 0 Å². The molecule has 1 aromatic rings. The molecule has 1 unspecified atom stereocenters. The molecule has 1 aromatic carbocycles. The molecule has 1 N–H and O–H groups in total. The molecule has 0 fully saturated rings. The van der Waals surface area contributed by atoms with E-state index in [9.17, 15) is 9.00 Å². The minimum absolute atomic E-state index is 0.0736. The van der Waals surface area contributed by atoms with Gasteiger partial charge in [-0.15, -0.1) is 0 Å². The van der Waals surface area contributed by atoms with Crippen LogP contribution in [0.2, 0.25) is 0 Å². The van der Waals surface area contributed by atoms with E-state index < -0.39 is 16.8 Å². The molecule has 0 radical (unpaired) electrons. The fourth-order valence-electron chi connectivity index (χ4n) is 1.07. The highest BCUT2D eigenvalue weighted by Crippen LogP contribution is 2.16. The molecule has 0 aromatic heterocycles. The molecular weight excluding hydrogens is 200 g/mol. The van der Waals surface area contributed by atoms with Gasteiger partial charge < -0.3 is 5.11 Å². The molecule has 4 heteroatoms. The molecule has 0 heterocycles. The summed E-state index contributed by atoms with van der Waals surface area (Å²) < 4.78 is 11.7. The highest BCUT2D eigenvalue weighted by molar-refractivity contribution is 7.85. The number of carboxylic acid groups (broad SMARTS) is 1. The molecule has 0 aliphatic carbocycles. The van der Waals surface area contributed by atoms with Crippen LogP contribution < -0.4 is 0 Å². The largest absolute Gasteiger partial charge is 0.478 e. The Hall–Kier alpha value is -1.16. The van der Waals surface area contributed by atoms with Gasteiger partial charge in [-0.05, 0) is 12.1 Å². The number of carbonyl (C=O) groups is 1. The van der Waals surface area contributed by atoms with Gasteiger partial charge in [0.05, 0.1) is 21.3 Å². The zero-order chi connectivity index (χ0) is 10.7. The van der Waals surface area contributed by atoms with E-state index in [0.29, 0.717) is 4.90 Å². The number of hydrogen-bond donors (Lipinski definition) is 1. The predicted octanol–water partition coefficient (Wildman–Crippen LogP) is 1.90. The maximum atomic E-state index is 11.7. The van der Waals surface area contributed by atoms with Crippen molar-refractivity contribution in [1.29, 1.82) is 0 Å². The van der Waals surface area contributed by atoms with Crippen LogP contribution in [0.25, 0.3) is 0 Å². The van der Waals surface area contributed by atoms with Crippen molar-refractivity contribution in [2.24, 2.45) is 0 Å². The summed E-state index contributed by atoms with van der Waals surface area (Å²) in [5.74, 6) is -1.03. The molecule has 76 valence electrons. The predicted molar refractivity (Wildman–Crippen MR) is 54.9 cm³/mol. The zero-order valence-electron chi connectivity index (χ0n) is 8.06. The Kier molecular flexibility index (Phi) is 3.41. The first-order valence-corrected chi connectivity index (χ1v) is 5.48. The quantitative estimate of drug-likeness (QED) is 0.832. The van der Waals surface area contributed by atoms with Crippen molar-refractivity contribution in [2.75, 3.05) is 0 Å². The molecule has 14 heavy (non-hydrogen) atoms. The normalized spacial score (nSPS) is 12.8. The molecule has 0 aliphatic heterocycles. The lowest BCUT2D eigenvalue weighted by molar-refractivity contribution is 0.0693. The highest BCUT2D eigenvalue weighted by atomic mass is 32.2. The van der Waals surface area contributed by atoms with Crippen LogP contribution in [0.3, 0.4) is 0 Å². The highest BCUT2D eigenvalue weighted by Gasteiger charge is 2.16. The topological polar surface area (TPSA) is 54.4 Å². The van der Waals surface area contributed by atoms with Crippen molar-refractivity contribution < 1.29 is 14.1 Å². The van der Waals surface area contributed by atoms with Crippen LogP contribution in [0, 0.1) is 0 Å². The van der Waals surface area contributed by atoms with E-state index in [1.54, 1.807) is 32.0 Å². The van der Waals surface area contributed by atoms with Crippen molar-refractivity contribution >= 4 is 16.8 Å². The van der Waals surface area contributed by atoms with Crippen LogP contribution in [0.1, 0.15) is 24.2 Å². The van der Waals surface area contributed by atoms with Crippen LogP contribution in [0.15, 0.2) is 29.2 Å². The maximum absolute atomic E-state index is 11.7. The van der Waals surface area contributed by atoms with Gasteiger partial charge in [0.1, 0.15) is 0 Å². The van der Waals surface area contributed by atoms with Gasteiger partial charge >= 0.3 is 5.97 Å². The number of hydrogen-bond acceptors (Lipinski definition) is 2. The summed E-state index contributed by atoms with van der Waals surface area (Å²) in [6.07, 6.45) is 0. The Morgan fingerprint density at radius 3 is 2.43 bits per heavy atom. The van der Waals surface area contributed by atoms with Gasteiger partial charge in [0.15, 0.2) is 0 Å². The first-order chi connectivity index (χ1) is 6.54. The van der Waals surface area contributed by atoms with Crippen molar-refractivity contribution in [1.82, 2.24) is 0 Å². The van der Waals surface area contributed by atoms with E-state index in [1.165, 1.54) is 6.07 Å². The van der Waals surface area contributed by atoms with Gasteiger partial charge in [-0.1, -0.05) is 26.0 Å². The summed E-state index contributed by atoms with van der Waals surface area (Å²) in [6, 6.07) is 6.39. The van der Waals surface area contributed by atoms with Crippen molar-refractivity contribution in [3.8, 4) is 0 Å². The van der Waals surface area contributed by atoms with E-state index in [0.717, 1.165) is 0 Å². The lowest BCUT2D eigenvalue weighted by atomic mass is 10.2. The zero-order valence-corrected chi connectivity index (χ0v) is 8.88. The Labute approximate surface area is 85.2 Å². The lowest BCUT2D eigenvalue weighted by Crippen LogP contribution is -2.10. The van der Waals surface area contributed by atoms with E-state index >= 15 is 0 Å². The Morgan fingerprint density at radius 1 is 1.36 bits per heavy atom. The third-order valence-electron chi connectivity index (χ3n) is 1.76. The third kappa shape index (κ3) is 2.20.